The highest BCUT2D eigenvalue weighted by Crippen LogP contribution is 2.50. The van der Waals surface area contributed by atoms with Crippen LogP contribution in [0.3, 0.4) is 0 Å². The number of hydrogen-bond acceptors (Lipinski definition) is 6. The number of aryl methyl sites for hydroxylation is 1. The molecule has 0 radical (unpaired) electrons. The molecular formula is C27H27NO5S. The van der Waals surface area contributed by atoms with E-state index in [1.807, 2.05) is 42.7 Å². The lowest BCUT2D eigenvalue weighted by atomic mass is 9.95. The lowest BCUT2D eigenvalue weighted by Gasteiger charge is -2.20. The summed E-state index contributed by atoms with van der Waals surface area (Å²) in [5.41, 5.74) is 3.89. The Morgan fingerprint density at radius 1 is 0.971 bits per heavy atom. The fraction of sp³-hybridized carbons (Fsp3) is 0.259. The van der Waals surface area contributed by atoms with Crippen LogP contribution in [0.2, 0.25) is 0 Å². The van der Waals surface area contributed by atoms with Crippen molar-refractivity contribution in [3.05, 3.63) is 81.5 Å². The van der Waals surface area contributed by atoms with Gasteiger partial charge in [0.15, 0.2) is 16.9 Å². The van der Waals surface area contributed by atoms with Crippen molar-refractivity contribution in [2.45, 2.75) is 23.8 Å². The van der Waals surface area contributed by atoms with Gasteiger partial charge in [-0.05, 0) is 66.1 Å². The minimum Gasteiger partial charge on any atom is -0.493 e. The summed E-state index contributed by atoms with van der Waals surface area (Å²) in [4.78, 5) is 26.7. The van der Waals surface area contributed by atoms with Crippen LogP contribution in [0, 0.1) is 0 Å². The van der Waals surface area contributed by atoms with E-state index in [0.717, 1.165) is 22.3 Å². The molecular weight excluding hydrogens is 450 g/mol. The Kier molecular flexibility index (Phi) is 7.12. The maximum Gasteiger partial charge on any atom is 0.251 e. The average molecular weight is 478 g/mol. The van der Waals surface area contributed by atoms with Gasteiger partial charge in [-0.25, -0.2) is 0 Å². The predicted molar refractivity (Wildman–Crippen MR) is 135 cm³/mol. The fourth-order valence-corrected chi connectivity index (χ4v) is 4.91. The smallest absolute Gasteiger partial charge is 0.251 e. The standard InChI is InChI=1S/C27H27NO5S/c1-31-22-14-17-10-12-20(28-27(30)16-8-6-5-7-9-16)19-15-21(29)23(34-4)13-11-18(19)24(17)26(33-3)25(22)32-2/h5-9,11,13-15,20H,10,12H2,1-4H3,(H,28,30)/t20-/m0/s1. The molecule has 0 aromatic heterocycles. The second kappa shape index (κ2) is 10.2. The van der Waals surface area contributed by atoms with Crippen LogP contribution in [0.5, 0.6) is 17.2 Å². The summed E-state index contributed by atoms with van der Waals surface area (Å²) in [7, 11) is 4.75. The van der Waals surface area contributed by atoms with E-state index in [-0.39, 0.29) is 17.4 Å². The molecule has 3 aromatic rings. The second-order valence-corrected chi connectivity index (χ2v) is 8.74. The third-order valence-corrected chi connectivity index (χ3v) is 6.84. The molecule has 0 unspecified atom stereocenters. The van der Waals surface area contributed by atoms with E-state index in [1.54, 1.807) is 39.5 Å². The Balaban J connectivity index is 1.95. The molecule has 1 amide bonds. The molecule has 0 saturated carbocycles. The molecule has 3 aromatic carbocycles. The van der Waals surface area contributed by atoms with E-state index in [0.29, 0.717) is 40.5 Å². The van der Waals surface area contributed by atoms with E-state index >= 15 is 0 Å². The number of nitrogens with one attached hydrogen (secondary N) is 1. The van der Waals surface area contributed by atoms with Gasteiger partial charge in [0, 0.05) is 11.1 Å². The molecule has 1 aliphatic rings. The molecule has 1 aliphatic carbocycles. The summed E-state index contributed by atoms with van der Waals surface area (Å²) >= 11 is 1.39. The maximum atomic E-state index is 13.1. The zero-order valence-corrected chi connectivity index (χ0v) is 20.5. The third-order valence-electron chi connectivity index (χ3n) is 6.06. The first-order valence-corrected chi connectivity index (χ1v) is 12.1. The van der Waals surface area contributed by atoms with Gasteiger partial charge in [-0.2, -0.15) is 0 Å². The van der Waals surface area contributed by atoms with Gasteiger partial charge in [0.1, 0.15) is 0 Å². The largest absolute Gasteiger partial charge is 0.493 e. The van der Waals surface area contributed by atoms with Crippen molar-refractivity contribution in [1.82, 2.24) is 5.32 Å². The summed E-state index contributed by atoms with van der Waals surface area (Å²) in [6.07, 6.45) is 3.13. The van der Waals surface area contributed by atoms with Crippen LogP contribution in [0.4, 0.5) is 0 Å². The first kappa shape index (κ1) is 23.7. The van der Waals surface area contributed by atoms with Crippen LogP contribution in [-0.2, 0) is 6.42 Å². The van der Waals surface area contributed by atoms with Crippen molar-refractivity contribution in [2.24, 2.45) is 0 Å². The Bertz CT molecular complexity index is 1280. The van der Waals surface area contributed by atoms with Crippen molar-refractivity contribution >= 4 is 17.7 Å². The van der Waals surface area contributed by atoms with E-state index < -0.39 is 0 Å². The van der Waals surface area contributed by atoms with Gasteiger partial charge in [-0.3, -0.25) is 9.59 Å². The number of carbonyl (C=O) groups is 1. The van der Waals surface area contributed by atoms with E-state index in [2.05, 4.69) is 5.32 Å². The number of rotatable bonds is 6. The normalized spacial score (nSPS) is 14.3. The van der Waals surface area contributed by atoms with Crippen molar-refractivity contribution in [3.8, 4) is 28.4 Å². The van der Waals surface area contributed by atoms with Crippen molar-refractivity contribution < 1.29 is 19.0 Å². The molecule has 1 N–H and O–H groups in total. The van der Waals surface area contributed by atoms with Gasteiger partial charge >= 0.3 is 0 Å². The Hall–Kier alpha value is -3.45. The third kappa shape index (κ3) is 4.35. The first-order valence-electron chi connectivity index (χ1n) is 10.9. The van der Waals surface area contributed by atoms with Crippen LogP contribution >= 0.6 is 11.8 Å². The maximum absolute atomic E-state index is 13.1. The highest BCUT2D eigenvalue weighted by atomic mass is 32.2. The number of benzene rings is 2. The molecule has 0 fully saturated rings. The molecule has 176 valence electrons. The van der Waals surface area contributed by atoms with Crippen LogP contribution in [0.15, 0.2) is 64.3 Å². The Morgan fingerprint density at radius 2 is 1.71 bits per heavy atom. The number of ether oxygens (including phenoxy) is 3. The SMILES string of the molecule is COc1cc2c(c(OC)c1OC)-c1ccc(SC)c(=O)cc1[C@@H](NC(=O)c1ccccc1)CC2. The van der Waals surface area contributed by atoms with E-state index in [4.69, 9.17) is 14.2 Å². The van der Waals surface area contributed by atoms with Crippen LogP contribution in [0.1, 0.15) is 33.9 Å². The zero-order chi connectivity index (χ0) is 24.2. The average Bonchev–Trinajstić information content (AvgIpc) is 3.11. The van der Waals surface area contributed by atoms with Crippen LogP contribution in [-0.4, -0.2) is 33.5 Å². The topological polar surface area (TPSA) is 73.9 Å². The number of fused-ring (bicyclic) bond motifs is 3. The predicted octanol–water partition coefficient (Wildman–Crippen LogP) is 4.88. The van der Waals surface area contributed by atoms with Gasteiger partial charge in [-0.1, -0.05) is 24.3 Å². The minimum absolute atomic E-state index is 0.0874. The molecule has 6 nitrogen and oxygen atoms in total. The first-order chi connectivity index (χ1) is 16.5. The van der Waals surface area contributed by atoms with Crippen LogP contribution < -0.4 is 25.0 Å². The fourth-order valence-electron chi connectivity index (χ4n) is 4.45. The minimum atomic E-state index is -0.369. The molecule has 0 bridgehead atoms. The Labute approximate surface area is 203 Å². The van der Waals surface area contributed by atoms with Crippen molar-refractivity contribution in [3.63, 3.8) is 0 Å². The van der Waals surface area contributed by atoms with Gasteiger partial charge < -0.3 is 19.5 Å². The summed E-state index contributed by atoms with van der Waals surface area (Å²) in [6, 6.07) is 16.1. The second-order valence-electron chi connectivity index (χ2n) is 7.89. The number of methoxy groups -OCH3 is 3. The zero-order valence-electron chi connectivity index (χ0n) is 19.6. The van der Waals surface area contributed by atoms with Gasteiger partial charge in [0.25, 0.3) is 5.91 Å². The molecule has 4 rings (SSSR count). The number of amides is 1. The van der Waals surface area contributed by atoms with E-state index in [9.17, 15) is 9.59 Å². The van der Waals surface area contributed by atoms with Gasteiger partial charge in [0.05, 0.1) is 32.3 Å². The van der Waals surface area contributed by atoms with Gasteiger partial charge in [-0.15, -0.1) is 11.8 Å². The summed E-state index contributed by atoms with van der Waals surface area (Å²) in [5.74, 6) is 1.41. The molecule has 0 saturated heterocycles. The number of hydrogen-bond donors (Lipinski definition) is 1. The lowest BCUT2D eigenvalue weighted by molar-refractivity contribution is 0.0935. The molecule has 1 atom stereocenters. The molecule has 7 heteroatoms. The summed E-state index contributed by atoms with van der Waals surface area (Å²) in [6.45, 7) is 0. The molecule has 0 spiro atoms. The van der Waals surface area contributed by atoms with Crippen molar-refractivity contribution in [1.29, 1.82) is 0 Å². The monoisotopic (exact) mass is 477 g/mol. The van der Waals surface area contributed by atoms with Crippen LogP contribution in [0.25, 0.3) is 11.1 Å². The highest BCUT2D eigenvalue weighted by molar-refractivity contribution is 7.98. The quantitative estimate of drug-likeness (QED) is 0.510. The molecule has 34 heavy (non-hydrogen) atoms. The van der Waals surface area contributed by atoms with E-state index in [1.165, 1.54) is 11.8 Å². The number of carbonyl (C=O) groups excluding carboxylic acids is 1. The summed E-state index contributed by atoms with van der Waals surface area (Å²) in [5, 5.41) is 3.15. The van der Waals surface area contributed by atoms with Crippen molar-refractivity contribution in [2.75, 3.05) is 27.6 Å². The Morgan fingerprint density at radius 3 is 2.35 bits per heavy atom. The number of thioether (sulfide) groups is 1. The summed E-state index contributed by atoms with van der Waals surface area (Å²) < 4.78 is 17.0. The molecule has 0 aliphatic heterocycles. The molecule has 0 heterocycles. The lowest BCUT2D eigenvalue weighted by Crippen LogP contribution is -2.29. The van der Waals surface area contributed by atoms with Gasteiger partial charge in [0.2, 0.25) is 5.75 Å². The highest BCUT2D eigenvalue weighted by Gasteiger charge is 2.29.